The van der Waals surface area contributed by atoms with Gasteiger partial charge in [0.05, 0.1) is 6.61 Å². The van der Waals surface area contributed by atoms with E-state index in [4.69, 9.17) is 9.15 Å². The molecule has 3 aromatic rings. The third kappa shape index (κ3) is 3.62. The van der Waals surface area contributed by atoms with Gasteiger partial charge in [0.15, 0.2) is 0 Å². The minimum Gasteiger partial charge on any atom is -0.421 e. The predicted octanol–water partition coefficient (Wildman–Crippen LogP) is 1.37. The first-order valence-corrected chi connectivity index (χ1v) is 9.40. The molecule has 0 amide bonds. The Morgan fingerprint density at radius 3 is 2.27 bits per heavy atom. The molecule has 1 saturated heterocycles. The molecule has 5 atom stereocenters. The molecular weight excluding hydrogens is 395 g/mol. The summed E-state index contributed by atoms with van der Waals surface area (Å²) in [7, 11) is 0. The molecule has 0 bridgehead atoms. The lowest BCUT2D eigenvalue weighted by Gasteiger charge is -2.40. The van der Waals surface area contributed by atoms with Crippen LogP contribution in [0.15, 0.2) is 46.9 Å². The molecule has 0 unspecified atom stereocenters. The first kappa shape index (κ1) is 20.6. The standard InChI is InChI=1S/C21H21FN2O6/c1-10-23-24-21(29-10)12-7-5-11(6-8-12)13-3-2-4-14(16(13)22)20-19(28)18(27)17(26)15(9-25)30-20/h2-8,15,17-20,25-28H,9H2,1H3/t15-,17-,18+,19+,20-/m1/s1. The van der Waals surface area contributed by atoms with Gasteiger partial charge in [0, 0.05) is 23.6 Å². The zero-order valence-corrected chi connectivity index (χ0v) is 16.0. The minimum atomic E-state index is -1.58. The Labute approximate surface area is 171 Å². The van der Waals surface area contributed by atoms with Crippen molar-refractivity contribution < 1.29 is 34.0 Å². The fourth-order valence-corrected chi connectivity index (χ4v) is 3.56. The molecule has 4 rings (SSSR count). The summed E-state index contributed by atoms with van der Waals surface area (Å²) in [6, 6.07) is 11.5. The summed E-state index contributed by atoms with van der Waals surface area (Å²) in [6.07, 6.45) is -7.01. The number of aromatic nitrogens is 2. The number of halogens is 1. The van der Waals surface area contributed by atoms with Gasteiger partial charge >= 0.3 is 0 Å². The van der Waals surface area contributed by atoms with Crippen molar-refractivity contribution in [3.63, 3.8) is 0 Å². The van der Waals surface area contributed by atoms with Crippen LogP contribution in [0.3, 0.4) is 0 Å². The van der Waals surface area contributed by atoms with Gasteiger partial charge < -0.3 is 29.6 Å². The maximum Gasteiger partial charge on any atom is 0.247 e. The van der Waals surface area contributed by atoms with Gasteiger partial charge in [0.25, 0.3) is 0 Å². The Morgan fingerprint density at radius 1 is 0.933 bits per heavy atom. The van der Waals surface area contributed by atoms with Crippen LogP contribution in [0.4, 0.5) is 4.39 Å². The van der Waals surface area contributed by atoms with Crippen molar-refractivity contribution in [2.45, 2.75) is 37.4 Å². The zero-order chi connectivity index (χ0) is 21.4. The van der Waals surface area contributed by atoms with Crippen LogP contribution in [0.25, 0.3) is 22.6 Å². The SMILES string of the molecule is Cc1nnc(-c2ccc(-c3cccc([C@H]4O[C@H](CO)[C@@H](O)[C@H](O)[C@@H]4O)c3F)cc2)o1. The molecule has 1 aliphatic rings. The van der Waals surface area contributed by atoms with Gasteiger partial charge in [0.1, 0.15) is 36.3 Å². The first-order chi connectivity index (χ1) is 14.4. The van der Waals surface area contributed by atoms with Gasteiger partial charge in [-0.2, -0.15) is 0 Å². The second kappa shape index (κ2) is 8.21. The van der Waals surface area contributed by atoms with Crippen LogP contribution in [0, 0.1) is 12.7 Å². The van der Waals surface area contributed by atoms with Crippen molar-refractivity contribution in [2.24, 2.45) is 0 Å². The Kier molecular flexibility index (Phi) is 5.63. The fourth-order valence-electron chi connectivity index (χ4n) is 3.56. The van der Waals surface area contributed by atoms with E-state index >= 15 is 4.39 Å². The number of aliphatic hydroxyl groups excluding tert-OH is 4. The molecule has 158 valence electrons. The average Bonchev–Trinajstić information content (AvgIpc) is 3.19. The number of aryl methyl sites for hydroxylation is 1. The smallest absolute Gasteiger partial charge is 0.247 e. The molecule has 8 nitrogen and oxygen atoms in total. The molecule has 1 fully saturated rings. The second-order valence-corrected chi connectivity index (χ2v) is 7.16. The third-order valence-electron chi connectivity index (χ3n) is 5.20. The molecular formula is C21H21FN2O6. The monoisotopic (exact) mass is 416 g/mol. The molecule has 1 aromatic heterocycles. The van der Waals surface area contributed by atoms with E-state index in [-0.39, 0.29) is 11.1 Å². The summed E-state index contributed by atoms with van der Waals surface area (Å²) in [5.74, 6) is 0.158. The molecule has 0 aliphatic carbocycles. The lowest BCUT2D eigenvalue weighted by Crippen LogP contribution is -2.55. The van der Waals surface area contributed by atoms with Crippen LogP contribution in [0.5, 0.6) is 0 Å². The highest BCUT2D eigenvalue weighted by Gasteiger charge is 2.44. The van der Waals surface area contributed by atoms with Crippen molar-refractivity contribution in [1.29, 1.82) is 0 Å². The van der Waals surface area contributed by atoms with Gasteiger partial charge in [-0.05, 0) is 17.7 Å². The highest BCUT2D eigenvalue weighted by atomic mass is 19.1. The average molecular weight is 416 g/mol. The Balaban J connectivity index is 1.66. The number of benzene rings is 2. The molecule has 2 aromatic carbocycles. The molecule has 1 aliphatic heterocycles. The number of rotatable bonds is 4. The topological polar surface area (TPSA) is 129 Å². The molecule has 30 heavy (non-hydrogen) atoms. The van der Waals surface area contributed by atoms with Gasteiger partial charge in [-0.1, -0.05) is 30.3 Å². The van der Waals surface area contributed by atoms with E-state index in [1.165, 1.54) is 6.07 Å². The largest absolute Gasteiger partial charge is 0.421 e. The van der Waals surface area contributed by atoms with Crippen LogP contribution in [0.1, 0.15) is 17.6 Å². The van der Waals surface area contributed by atoms with Crippen molar-refractivity contribution in [2.75, 3.05) is 6.61 Å². The normalized spacial score (nSPS) is 26.7. The van der Waals surface area contributed by atoms with Crippen LogP contribution >= 0.6 is 0 Å². The van der Waals surface area contributed by atoms with E-state index < -0.39 is 42.9 Å². The molecule has 0 saturated carbocycles. The molecule has 9 heteroatoms. The first-order valence-electron chi connectivity index (χ1n) is 9.40. The van der Waals surface area contributed by atoms with Crippen molar-refractivity contribution in [3.8, 4) is 22.6 Å². The summed E-state index contributed by atoms with van der Waals surface area (Å²) in [5.41, 5.74) is 1.53. The van der Waals surface area contributed by atoms with E-state index in [2.05, 4.69) is 10.2 Å². The lowest BCUT2D eigenvalue weighted by atomic mass is 9.89. The fraction of sp³-hybridized carbons (Fsp3) is 0.333. The summed E-state index contributed by atoms with van der Waals surface area (Å²) < 4.78 is 26.2. The maximum atomic E-state index is 15.4. The Hall–Kier alpha value is -2.69. The van der Waals surface area contributed by atoms with E-state index in [0.717, 1.165) is 0 Å². The summed E-state index contributed by atoms with van der Waals surface area (Å²) in [5, 5.41) is 47.4. The number of hydrogen-bond acceptors (Lipinski definition) is 8. The number of aliphatic hydroxyl groups is 4. The number of nitrogens with zero attached hydrogens (tertiary/aromatic N) is 2. The molecule has 2 heterocycles. The Morgan fingerprint density at radius 2 is 1.63 bits per heavy atom. The van der Waals surface area contributed by atoms with Crippen LogP contribution in [-0.4, -0.2) is 61.6 Å². The quantitative estimate of drug-likeness (QED) is 0.502. The molecule has 0 spiro atoms. The summed E-state index contributed by atoms with van der Waals surface area (Å²) in [4.78, 5) is 0. The van der Waals surface area contributed by atoms with Crippen LogP contribution in [0.2, 0.25) is 0 Å². The van der Waals surface area contributed by atoms with E-state index in [1.54, 1.807) is 43.3 Å². The zero-order valence-electron chi connectivity index (χ0n) is 16.0. The van der Waals surface area contributed by atoms with E-state index in [0.29, 0.717) is 22.9 Å². The van der Waals surface area contributed by atoms with Crippen LogP contribution < -0.4 is 0 Å². The van der Waals surface area contributed by atoms with Gasteiger partial charge in [-0.15, -0.1) is 10.2 Å². The van der Waals surface area contributed by atoms with Crippen molar-refractivity contribution in [3.05, 3.63) is 59.7 Å². The highest BCUT2D eigenvalue weighted by Crippen LogP contribution is 2.36. The Bertz CT molecular complexity index is 1020. The van der Waals surface area contributed by atoms with Crippen molar-refractivity contribution in [1.82, 2.24) is 10.2 Å². The minimum absolute atomic E-state index is 0.0148. The van der Waals surface area contributed by atoms with Gasteiger partial charge in [-0.25, -0.2) is 4.39 Å². The summed E-state index contributed by atoms with van der Waals surface area (Å²) >= 11 is 0. The third-order valence-corrected chi connectivity index (χ3v) is 5.20. The summed E-state index contributed by atoms with van der Waals surface area (Å²) in [6.45, 7) is 1.10. The highest BCUT2D eigenvalue weighted by molar-refractivity contribution is 5.68. The predicted molar refractivity (Wildman–Crippen MR) is 103 cm³/mol. The molecule has 4 N–H and O–H groups in total. The number of ether oxygens (including phenoxy) is 1. The van der Waals surface area contributed by atoms with Gasteiger partial charge in [0.2, 0.25) is 11.8 Å². The lowest BCUT2D eigenvalue weighted by molar-refractivity contribution is -0.232. The number of hydrogen-bond donors (Lipinski definition) is 4. The van der Waals surface area contributed by atoms with E-state index in [1.807, 2.05) is 0 Å². The second-order valence-electron chi connectivity index (χ2n) is 7.16. The van der Waals surface area contributed by atoms with Crippen molar-refractivity contribution >= 4 is 0 Å². The van der Waals surface area contributed by atoms with Gasteiger partial charge in [-0.3, -0.25) is 0 Å². The van der Waals surface area contributed by atoms with E-state index in [9.17, 15) is 20.4 Å². The van der Waals surface area contributed by atoms with Crippen LogP contribution in [-0.2, 0) is 4.74 Å². The maximum absolute atomic E-state index is 15.4. The molecule has 0 radical (unpaired) electrons.